The molecule has 0 bridgehead atoms. The number of thiol groups is 1. The van der Waals surface area contributed by atoms with Gasteiger partial charge in [-0.3, -0.25) is 0 Å². The Bertz CT molecular complexity index is 407. The minimum Gasteiger partial charge on any atom is -0.398 e. The van der Waals surface area contributed by atoms with Gasteiger partial charge in [0.15, 0.2) is 0 Å². The maximum absolute atomic E-state index is 10.8. The topological polar surface area (TPSA) is 60.2 Å². The van der Waals surface area contributed by atoms with Gasteiger partial charge in [-0.25, -0.2) is 8.42 Å². The molecule has 1 rings (SSSR count). The molecule has 0 spiro atoms. The summed E-state index contributed by atoms with van der Waals surface area (Å²) in [7, 11) is 1.39. The molecule has 0 unspecified atom stereocenters. The summed E-state index contributed by atoms with van der Waals surface area (Å²) in [5, 5.41) is 0. The number of nitrogen functional groups attached to an aromatic ring is 1. The van der Waals surface area contributed by atoms with Crippen LogP contribution in [0.1, 0.15) is 0 Å². The molecule has 0 radical (unpaired) electrons. The Morgan fingerprint density at radius 2 is 1.92 bits per heavy atom. The number of anilines is 1. The maximum atomic E-state index is 10.8. The molecular formula is C6H6ClNO2S2Zn+2. The van der Waals surface area contributed by atoms with Crippen LogP contribution < -0.4 is 5.73 Å². The zero-order chi connectivity index (χ0) is 9.35. The molecule has 0 aliphatic rings. The van der Waals surface area contributed by atoms with Crippen molar-refractivity contribution in [3.05, 3.63) is 18.2 Å². The Kier molecular flexibility index (Phi) is 4.73. The van der Waals surface area contributed by atoms with Crippen LogP contribution in [0.15, 0.2) is 28.0 Å². The van der Waals surface area contributed by atoms with Gasteiger partial charge in [0.25, 0.3) is 9.05 Å². The van der Waals surface area contributed by atoms with Crippen molar-refractivity contribution in [3.8, 4) is 0 Å². The molecule has 0 atom stereocenters. The zero-order valence-corrected chi connectivity index (χ0v) is 12.0. The molecule has 0 fully saturated rings. The van der Waals surface area contributed by atoms with Crippen molar-refractivity contribution in [3.63, 3.8) is 0 Å². The Balaban J connectivity index is 0.00000144. The molecular weight excluding hydrogens is 283 g/mol. The average molecular weight is 289 g/mol. The summed E-state index contributed by atoms with van der Waals surface area (Å²) in [6.45, 7) is 0. The van der Waals surface area contributed by atoms with Crippen LogP contribution in [0.2, 0.25) is 0 Å². The average Bonchev–Trinajstić information content (AvgIpc) is 1.92. The number of hydrogen-bond acceptors (Lipinski definition) is 4. The molecule has 0 heterocycles. The van der Waals surface area contributed by atoms with Crippen LogP contribution in [0, 0.1) is 0 Å². The van der Waals surface area contributed by atoms with E-state index in [4.69, 9.17) is 16.4 Å². The molecule has 13 heavy (non-hydrogen) atoms. The molecule has 0 aliphatic heterocycles. The molecule has 0 saturated heterocycles. The second-order valence-electron chi connectivity index (χ2n) is 2.16. The van der Waals surface area contributed by atoms with Gasteiger partial charge in [-0.05, 0) is 18.2 Å². The van der Waals surface area contributed by atoms with E-state index in [2.05, 4.69) is 12.6 Å². The predicted molar refractivity (Wildman–Crippen MR) is 51.1 cm³/mol. The Labute approximate surface area is 99.2 Å². The van der Waals surface area contributed by atoms with Gasteiger partial charge in [-0.15, -0.1) is 12.6 Å². The third-order valence-corrected chi connectivity index (χ3v) is 3.04. The fraction of sp³-hybridized carbons (Fsp3) is 0. The molecule has 0 saturated carbocycles. The largest absolute Gasteiger partial charge is 2.00 e. The van der Waals surface area contributed by atoms with Crippen molar-refractivity contribution >= 4 is 38.0 Å². The van der Waals surface area contributed by atoms with Crippen molar-refractivity contribution in [1.29, 1.82) is 0 Å². The molecule has 1 aromatic carbocycles. The van der Waals surface area contributed by atoms with E-state index in [0.717, 1.165) is 0 Å². The van der Waals surface area contributed by atoms with Gasteiger partial charge in [0, 0.05) is 21.3 Å². The molecule has 0 amide bonds. The maximum Gasteiger partial charge on any atom is 2.00 e. The van der Waals surface area contributed by atoms with Crippen LogP contribution in [0.3, 0.4) is 0 Å². The first kappa shape index (κ1) is 13.2. The molecule has 3 nitrogen and oxygen atoms in total. The molecule has 66 valence electrons. The van der Waals surface area contributed by atoms with E-state index in [1.165, 1.54) is 18.2 Å². The normalized spacial score (nSPS) is 10.6. The number of nitrogens with two attached hydrogens (primary N) is 1. The minimum atomic E-state index is -3.68. The smallest absolute Gasteiger partial charge is 0.398 e. The second kappa shape index (κ2) is 4.64. The summed E-state index contributed by atoms with van der Waals surface area (Å²) >= 11 is 3.98. The first-order chi connectivity index (χ1) is 5.41. The van der Waals surface area contributed by atoms with Crippen LogP contribution in [0.25, 0.3) is 0 Å². The molecule has 2 N–H and O–H groups in total. The van der Waals surface area contributed by atoms with Crippen LogP contribution in [0.5, 0.6) is 0 Å². The summed E-state index contributed by atoms with van der Waals surface area (Å²) < 4.78 is 21.6. The SMILES string of the molecule is Nc1cc(S(=O)(=O)Cl)ccc1S.[Zn+2]. The molecule has 0 aromatic heterocycles. The number of benzene rings is 1. The summed E-state index contributed by atoms with van der Waals surface area (Å²) in [5.41, 5.74) is 5.71. The van der Waals surface area contributed by atoms with Crippen LogP contribution in [-0.2, 0) is 28.5 Å². The van der Waals surface area contributed by atoms with Gasteiger partial charge in [-0.1, -0.05) is 0 Å². The minimum absolute atomic E-state index is 0. The van der Waals surface area contributed by atoms with Gasteiger partial charge in [0.05, 0.1) is 4.90 Å². The number of halogens is 1. The van der Waals surface area contributed by atoms with E-state index >= 15 is 0 Å². The van der Waals surface area contributed by atoms with E-state index in [-0.39, 0.29) is 24.4 Å². The fourth-order valence-electron chi connectivity index (χ4n) is 0.684. The summed E-state index contributed by atoms with van der Waals surface area (Å²) in [5.74, 6) is 0. The summed E-state index contributed by atoms with van der Waals surface area (Å²) in [6, 6.07) is 4.10. The summed E-state index contributed by atoms with van der Waals surface area (Å²) in [6.07, 6.45) is 0. The van der Waals surface area contributed by atoms with Gasteiger partial charge in [0.2, 0.25) is 0 Å². The molecule has 1 aromatic rings. The van der Waals surface area contributed by atoms with Crippen molar-refractivity contribution in [2.24, 2.45) is 0 Å². The van der Waals surface area contributed by atoms with Crippen LogP contribution in [-0.4, -0.2) is 8.42 Å². The predicted octanol–water partition coefficient (Wildman–Crippen LogP) is 1.48. The van der Waals surface area contributed by atoms with Gasteiger partial charge in [0.1, 0.15) is 0 Å². The van der Waals surface area contributed by atoms with Crippen LogP contribution >= 0.6 is 23.3 Å². The van der Waals surface area contributed by atoms with E-state index in [1.807, 2.05) is 0 Å². The van der Waals surface area contributed by atoms with Crippen molar-refractivity contribution < 1.29 is 27.9 Å². The quantitative estimate of drug-likeness (QED) is 0.356. The molecule has 7 heteroatoms. The third-order valence-electron chi connectivity index (χ3n) is 1.28. The van der Waals surface area contributed by atoms with Crippen LogP contribution in [0.4, 0.5) is 5.69 Å². The Morgan fingerprint density at radius 1 is 1.38 bits per heavy atom. The first-order valence-electron chi connectivity index (χ1n) is 2.94. The Hall–Kier alpha value is 0.233. The van der Waals surface area contributed by atoms with E-state index in [0.29, 0.717) is 10.6 Å². The zero-order valence-electron chi connectivity index (χ0n) is 6.57. The standard InChI is InChI=1S/C6H6ClNO2S2.Zn/c7-12(9,10)4-1-2-6(11)5(8)3-4;/h1-3,11H,8H2;/q;+2. The number of rotatable bonds is 1. The second-order valence-corrected chi connectivity index (χ2v) is 5.21. The van der Waals surface area contributed by atoms with Gasteiger partial charge in [-0.2, -0.15) is 0 Å². The van der Waals surface area contributed by atoms with E-state index in [1.54, 1.807) is 0 Å². The van der Waals surface area contributed by atoms with Gasteiger partial charge < -0.3 is 5.73 Å². The number of hydrogen-bond donors (Lipinski definition) is 2. The first-order valence-corrected chi connectivity index (χ1v) is 5.70. The Morgan fingerprint density at radius 3 is 2.31 bits per heavy atom. The van der Waals surface area contributed by atoms with E-state index < -0.39 is 9.05 Å². The van der Waals surface area contributed by atoms with Crippen molar-refractivity contribution in [2.75, 3.05) is 5.73 Å². The fourth-order valence-corrected chi connectivity index (χ4v) is 1.61. The summed E-state index contributed by atoms with van der Waals surface area (Å²) in [4.78, 5) is 0.513. The van der Waals surface area contributed by atoms with Gasteiger partial charge >= 0.3 is 19.5 Å². The van der Waals surface area contributed by atoms with Crippen molar-refractivity contribution in [1.82, 2.24) is 0 Å². The monoisotopic (exact) mass is 287 g/mol. The molecule has 0 aliphatic carbocycles. The third kappa shape index (κ3) is 3.46. The van der Waals surface area contributed by atoms with Crippen molar-refractivity contribution in [2.45, 2.75) is 9.79 Å². The van der Waals surface area contributed by atoms with E-state index in [9.17, 15) is 8.42 Å².